The molecule has 4 rings (SSSR count). The summed E-state index contributed by atoms with van der Waals surface area (Å²) in [6.45, 7) is 0. The van der Waals surface area contributed by atoms with E-state index in [0.717, 1.165) is 29.3 Å². The second-order valence-corrected chi connectivity index (χ2v) is 6.81. The highest BCUT2D eigenvalue weighted by Crippen LogP contribution is 2.53. The van der Waals surface area contributed by atoms with Gasteiger partial charge in [0.05, 0.1) is 23.4 Å². The maximum absolute atomic E-state index is 11.1. The fourth-order valence-electron chi connectivity index (χ4n) is 4.25. The molecule has 1 heterocycles. The summed E-state index contributed by atoms with van der Waals surface area (Å²) in [5, 5.41) is 29.4. The molecular formula is C15H17ClN2O2. The predicted molar refractivity (Wildman–Crippen MR) is 76.5 cm³/mol. The third kappa shape index (κ3) is 1.79. The lowest BCUT2D eigenvalue weighted by atomic mass is 9.87. The van der Waals surface area contributed by atoms with Gasteiger partial charge in [0.15, 0.2) is 0 Å². The van der Waals surface area contributed by atoms with Gasteiger partial charge in [0.25, 0.3) is 0 Å². The first kappa shape index (κ1) is 12.6. The molecule has 2 aliphatic rings. The Kier molecular flexibility index (Phi) is 2.65. The summed E-state index contributed by atoms with van der Waals surface area (Å²) in [6.07, 6.45) is 4.58. The molecule has 2 aliphatic carbocycles. The molecule has 0 radical (unpaired) electrons. The molecular weight excluding hydrogens is 276 g/mol. The van der Waals surface area contributed by atoms with Gasteiger partial charge in [-0.1, -0.05) is 11.6 Å². The summed E-state index contributed by atoms with van der Waals surface area (Å²) in [5.74, 6) is 0.826. The van der Waals surface area contributed by atoms with Crippen molar-refractivity contribution in [1.29, 1.82) is 0 Å². The van der Waals surface area contributed by atoms with Crippen LogP contribution in [0.1, 0.15) is 31.2 Å². The number of hydrogen-bond acceptors (Lipinski definition) is 3. The number of hydrogen-bond donors (Lipinski definition) is 3. The average molecular weight is 293 g/mol. The maximum Gasteiger partial charge on any atom is 0.0909 e. The second kappa shape index (κ2) is 4.20. The van der Waals surface area contributed by atoms with E-state index in [1.165, 1.54) is 0 Å². The molecule has 1 aromatic carbocycles. The third-order valence-corrected chi connectivity index (χ3v) is 5.26. The van der Waals surface area contributed by atoms with E-state index < -0.39 is 5.60 Å². The molecule has 0 saturated heterocycles. The lowest BCUT2D eigenvalue weighted by Crippen LogP contribution is -2.24. The first-order valence-electron chi connectivity index (χ1n) is 7.09. The van der Waals surface area contributed by atoms with E-state index in [4.69, 9.17) is 11.6 Å². The average Bonchev–Trinajstić information content (AvgIpc) is 3.01. The Labute approximate surface area is 121 Å². The van der Waals surface area contributed by atoms with Gasteiger partial charge in [0.1, 0.15) is 0 Å². The molecule has 0 spiro atoms. The second-order valence-electron chi connectivity index (χ2n) is 6.37. The van der Waals surface area contributed by atoms with E-state index in [9.17, 15) is 10.2 Å². The molecule has 2 aromatic rings. The summed E-state index contributed by atoms with van der Waals surface area (Å²) in [4.78, 5) is 0. The molecule has 106 valence electrons. The van der Waals surface area contributed by atoms with Crippen molar-refractivity contribution < 1.29 is 10.2 Å². The summed E-state index contributed by atoms with van der Waals surface area (Å²) in [7, 11) is 0. The van der Waals surface area contributed by atoms with E-state index in [0.29, 0.717) is 29.7 Å². The molecule has 20 heavy (non-hydrogen) atoms. The van der Waals surface area contributed by atoms with Crippen molar-refractivity contribution in [3.63, 3.8) is 0 Å². The van der Waals surface area contributed by atoms with Crippen LogP contribution in [-0.4, -0.2) is 26.5 Å². The number of H-pyrrole nitrogens is 1. The zero-order valence-corrected chi connectivity index (χ0v) is 11.8. The van der Waals surface area contributed by atoms with Crippen molar-refractivity contribution in [2.24, 2.45) is 11.8 Å². The van der Waals surface area contributed by atoms with Crippen LogP contribution in [0.3, 0.4) is 0 Å². The monoisotopic (exact) mass is 292 g/mol. The van der Waals surface area contributed by atoms with Gasteiger partial charge in [-0.25, -0.2) is 0 Å². The Bertz CT molecular complexity index is 655. The highest BCUT2D eigenvalue weighted by molar-refractivity contribution is 6.31. The number of fused-ring (bicyclic) bond motifs is 2. The number of nitrogens with zero attached hydrogens (tertiary/aromatic N) is 1. The van der Waals surface area contributed by atoms with Crippen LogP contribution in [0.5, 0.6) is 0 Å². The molecule has 0 aliphatic heterocycles. The van der Waals surface area contributed by atoms with E-state index in [1.807, 2.05) is 12.1 Å². The van der Waals surface area contributed by atoms with Crippen LogP contribution in [-0.2, 0) is 5.60 Å². The van der Waals surface area contributed by atoms with E-state index in [-0.39, 0.29) is 6.10 Å². The van der Waals surface area contributed by atoms with Crippen molar-refractivity contribution in [3.05, 3.63) is 28.9 Å². The zero-order chi connectivity index (χ0) is 13.9. The van der Waals surface area contributed by atoms with E-state index in [1.54, 1.807) is 6.20 Å². The lowest BCUT2D eigenvalue weighted by molar-refractivity contribution is 0.0304. The molecule has 1 aromatic heterocycles. The number of aromatic nitrogens is 2. The van der Waals surface area contributed by atoms with Gasteiger partial charge in [-0.2, -0.15) is 5.10 Å². The fourth-order valence-corrected chi connectivity index (χ4v) is 4.47. The topological polar surface area (TPSA) is 69.1 Å². The SMILES string of the molecule is O[C@@H]1C[C@@H]2CC(O)(c3cc(Cl)cc4[nH]ncc34)C[C@@H]2C1. The number of aliphatic hydroxyl groups excluding tert-OH is 1. The van der Waals surface area contributed by atoms with Gasteiger partial charge in [-0.15, -0.1) is 0 Å². The van der Waals surface area contributed by atoms with Gasteiger partial charge in [-0.3, -0.25) is 5.10 Å². The van der Waals surface area contributed by atoms with Gasteiger partial charge >= 0.3 is 0 Å². The molecule has 5 heteroatoms. The van der Waals surface area contributed by atoms with Gasteiger partial charge < -0.3 is 10.2 Å². The minimum absolute atomic E-state index is 0.192. The van der Waals surface area contributed by atoms with Crippen LogP contribution in [0.2, 0.25) is 5.02 Å². The highest BCUT2D eigenvalue weighted by atomic mass is 35.5. The molecule has 4 nitrogen and oxygen atoms in total. The molecule has 2 fully saturated rings. The number of nitrogens with one attached hydrogen (secondary N) is 1. The highest BCUT2D eigenvalue weighted by Gasteiger charge is 2.49. The summed E-state index contributed by atoms with van der Waals surface area (Å²) in [6, 6.07) is 3.69. The van der Waals surface area contributed by atoms with Crippen LogP contribution in [0.4, 0.5) is 0 Å². The van der Waals surface area contributed by atoms with Crippen LogP contribution in [0, 0.1) is 11.8 Å². The van der Waals surface area contributed by atoms with Crippen molar-refractivity contribution in [2.45, 2.75) is 37.4 Å². The van der Waals surface area contributed by atoms with E-state index in [2.05, 4.69) is 10.2 Å². The molecule has 0 amide bonds. The zero-order valence-electron chi connectivity index (χ0n) is 11.0. The molecule has 1 unspecified atom stereocenters. The first-order valence-corrected chi connectivity index (χ1v) is 7.46. The summed E-state index contributed by atoms with van der Waals surface area (Å²) < 4.78 is 0. The maximum atomic E-state index is 11.1. The summed E-state index contributed by atoms with van der Waals surface area (Å²) >= 11 is 6.17. The van der Waals surface area contributed by atoms with Gasteiger partial charge in [0.2, 0.25) is 0 Å². The Hall–Kier alpha value is -1.10. The van der Waals surface area contributed by atoms with Crippen LogP contribution in [0.25, 0.3) is 10.9 Å². The minimum atomic E-state index is -0.845. The largest absolute Gasteiger partial charge is 0.393 e. The van der Waals surface area contributed by atoms with Crippen molar-refractivity contribution >= 4 is 22.5 Å². The molecule has 0 bridgehead atoms. The standard InChI is InChI=1S/C15H17ClN2O2/c16-10-3-13(12-7-17-18-14(12)4-10)15(20)5-8-1-11(19)2-9(8)6-15/h3-4,7-9,11,19-20H,1-2,5-6H2,(H,17,18)/t8-,9+,11-,15?. The number of rotatable bonds is 1. The minimum Gasteiger partial charge on any atom is -0.393 e. The first-order chi connectivity index (χ1) is 9.55. The third-order valence-electron chi connectivity index (χ3n) is 5.04. The fraction of sp³-hybridized carbons (Fsp3) is 0.533. The van der Waals surface area contributed by atoms with Crippen molar-refractivity contribution in [2.75, 3.05) is 0 Å². The summed E-state index contributed by atoms with van der Waals surface area (Å²) in [5.41, 5.74) is 0.887. The number of aliphatic hydroxyl groups is 2. The Balaban J connectivity index is 1.78. The Morgan fingerprint density at radius 3 is 2.65 bits per heavy atom. The predicted octanol–water partition coefficient (Wildman–Crippen LogP) is 2.58. The van der Waals surface area contributed by atoms with Gasteiger partial charge in [0, 0.05) is 10.4 Å². The van der Waals surface area contributed by atoms with Crippen molar-refractivity contribution in [1.82, 2.24) is 10.2 Å². The smallest absolute Gasteiger partial charge is 0.0909 e. The molecule has 4 atom stereocenters. The molecule has 3 N–H and O–H groups in total. The van der Waals surface area contributed by atoms with Gasteiger partial charge in [-0.05, 0) is 55.2 Å². The Morgan fingerprint density at radius 1 is 1.25 bits per heavy atom. The molecule has 2 saturated carbocycles. The number of aromatic amines is 1. The van der Waals surface area contributed by atoms with Crippen LogP contribution >= 0.6 is 11.6 Å². The quantitative estimate of drug-likeness (QED) is 0.757. The van der Waals surface area contributed by atoms with Crippen LogP contribution < -0.4 is 0 Å². The normalized spacial score (nSPS) is 36.6. The van der Waals surface area contributed by atoms with Crippen molar-refractivity contribution in [3.8, 4) is 0 Å². The van der Waals surface area contributed by atoms with E-state index >= 15 is 0 Å². The number of halogens is 1. The lowest BCUT2D eigenvalue weighted by Gasteiger charge is -2.25. The Morgan fingerprint density at radius 2 is 1.95 bits per heavy atom. The van der Waals surface area contributed by atoms with Crippen LogP contribution in [0.15, 0.2) is 18.3 Å². The number of benzene rings is 1.